The van der Waals surface area contributed by atoms with Gasteiger partial charge in [-0.2, -0.15) is 0 Å². The number of urea groups is 1. The molecule has 3 rings (SSSR count). The maximum atomic E-state index is 11.2. The molecule has 2 aliphatic heterocycles. The van der Waals surface area contributed by atoms with Gasteiger partial charge in [0.2, 0.25) is 0 Å². The molecule has 1 aromatic rings. The van der Waals surface area contributed by atoms with Gasteiger partial charge in [-0.1, -0.05) is 30.3 Å². The van der Waals surface area contributed by atoms with Crippen LogP contribution in [0.3, 0.4) is 0 Å². The molecule has 0 aromatic heterocycles. The maximum absolute atomic E-state index is 11.2. The molecule has 5 nitrogen and oxygen atoms in total. The van der Waals surface area contributed by atoms with E-state index >= 15 is 0 Å². The molecule has 0 saturated carbocycles. The quantitative estimate of drug-likeness (QED) is 0.815. The molecule has 3 N–H and O–H groups in total. The van der Waals surface area contributed by atoms with E-state index in [0.29, 0.717) is 13.2 Å². The van der Waals surface area contributed by atoms with Gasteiger partial charge in [-0.25, -0.2) is 4.79 Å². The molecule has 2 aliphatic rings. The van der Waals surface area contributed by atoms with Crippen LogP contribution in [0, 0.1) is 0 Å². The molecule has 0 aliphatic carbocycles. The lowest BCUT2D eigenvalue weighted by Gasteiger charge is -2.47. The number of nitrogens with two attached hydrogens (primary N) is 1. The predicted octanol–water partition coefficient (Wildman–Crippen LogP) is 0.521. The molecule has 19 heavy (non-hydrogen) atoms. The van der Waals surface area contributed by atoms with Crippen LogP contribution in [0.4, 0.5) is 4.79 Å². The largest absolute Gasteiger partial charge is 0.377 e. The van der Waals surface area contributed by atoms with Crippen LogP contribution in [0.25, 0.3) is 0 Å². The van der Waals surface area contributed by atoms with Crippen molar-refractivity contribution in [1.82, 2.24) is 10.2 Å². The SMILES string of the molecule is CN1C[C@@H](NC(N)=O)[C@H](c2ccccc2)C12COC2. The van der Waals surface area contributed by atoms with Gasteiger partial charge in [0, 0.05) is 12.5 Å². The van der Waals surface area contributed by atoms with Crippen LogP contribution < -0.4 is 11.1 Å². The minimum absolute atomic E-state index is 0.00549. The summed E-state index contributed by atoms with van der Waals surface area (Å²) in [7, 11) is 2.08. The second-order valence-electron chi connectivity index (χ2n) is 5.48. The number of rotatable bonds is 2. The van der Waals surface area contributed by atoms with Gasteiger partial charge in [0.15, 0.2) is 0 Å². The molecule has 2 heterocycles. The van der Waals surface area contributed by atoms with Crippen molar-refractivity contribution in [3.63, 3.8) is 0 Å². The van der Waals surface area contributed by atoms with Crippen molar-refractivity contribution in [2.45, 2.75) is 17.5 Å². The molecular weight excluding hydrogens is 242 g/mol. The summed E-state index contributed by atoms with van der Waals surface area (Å²) >= 11 is 0. The van der Waals surface area contributed by atoms with Gasteiger partial charge in [0.1, 0.15) is 0 Å². The van der Waals surface area contributed by atoms with Gasteiger partial charge in [-0.05, 0) is 12.6 Å². The van der Waals surface area contributed by atoms with E-state index in [1.54, 1.807) is 0 Å². The second-order valence-corrected chi connectivity index (χ2v) is 5.48. The maximum Gasteiger partial charge on any atom is 0.312 e. The molecule has 2 atom stereocenters. The summed E-state index contributed by atoms with van der Waals surface area (Å²) in [6.45, 7) is 2.21. The molecule has 1 spiro atoms. The van der Waals surface area contributed by atoms with Crippen molar-refractivity contribution in [3.05, 3.63) is 35.9 Å². The lowest BCUT2D eigenvalue weighted by molar-refractivity contribution is -0.123. The molecule has 2 fully saturated rings. The number of hydrogen-bond acceptors (Lipinski definition) is 3. The predicted molar refractivity (Wildman–Crippen MR) is 71.9 cm³/mol. The van der Waals surface area contributed by atoms with E-state index in [1.807, 2.05) is 18.2 Å². The van der Waals surface area contributed by atoms with E-state index in [1.165, 1.54) is 5.56 Å². The number of nitrogens with zero attached hydrogens (tertiary/aromatic N) is 1. The number of benzene rings is 1. The third-order valence-corrected chi connectivity index (χ3v) is 4.40. The van der Waals surface area contributed by atoms with E-state index in [4.69, 9.17) is 10.5 Å². The van der Waals surface area contributed by atoms with Crippen molar-refractivity contribution in [2.24, 2.45) is 5.73 Å². The fourth-order valence-electron chi connectivity index (χ4n) is 3.42. The summed E-state index contributed by atoms with van der Waals surface area (Å²) in [5.41, 5.74) is 6.53. The first-order valence-corrected chi connectivity index (χ1v) is 6.53. The van der Waals surface area contributed by atoms with E-state index in [9.17, 15) is 4.79 Å². The molecule has 0 radical (unpaired) electrons. The number of carbonyl (C=O) groups excluding carboxylic acids is 1. The van der Waals surface area contributed by atoms with Crippen LogP contribution in [-0.2, 0) is 4.74 Å². The van der Waals surface area contributed by atoms with Crippen molar-refractivity contribution >= 4 is 6.03 Å². The molecule has 1 aromatic carbocycles. The van der Waals surface area contributed by atoms with Gasteiger partial charge in [-0.3, -0.25) is 4.90 Å². The zero-order chi connectivity index (χ0) is 13.5. The van der Waals surface area contributed by atoms with Crippen molar-refractivity contribution in [1.29, 1.82) is 0 Å². The minimum atomic E-state index is -0.461. The van der Waals surface area contributed by atoms with Gasteiger partial charge >= 0.3 is 6.03 Å². The Hall–Kier alpha value is -1.59. The Morgan fingerprint density at radius 1 is 1.42 bits per heavy atom. The number of carbonyl (C=O) groups is 1. The summed E-state index contributed by atoms with van der Waals surface area (Å²) in [6, 6.07) is 9.86. The first kappa shape index (κ1) is 12.4. The number of amides is 2. The summed E-state index contributed by atoms with van der Waals surface area (Å²) in [5, 5.41) is 2.89. The fourth-order valence-corrected chi connectivity index (χ4v) is 3.42. The second kappa shape index (κ2) is 4.51. The Bertz CT molecular complexity index is 473. The normalized spacial score (nSPS) is 29.1. The Balaban J connectivity index is 1.96. The van der Waals surface area contributed by atoms with Crippen LogP contribution in [0.15, 0.2) is 30.3 Å². The molecular formula is C14H19N3O2. The number of primary amides is 1. The Kier molecular flexibility index (Phi) is 2.95. The molecule has 0 unspecified atom stereocenters. The fraction of sp³-hybridized carbons (Fsp3) is 0.500. The zero-order valence-electron chi connectivity index (χ0n) is 11.0. The van der Waals surface area contributed by atoms with E-state index in [0.717, 1.165) is 6.54 Å². The van der Waals surface area contributed by atoms with Crippen LogP contribution in [0.5, 0.6) is 0 Å². The van der Waals surface area contributed by atoms with Crippen molar-refractivity contribution < 1.29 is 9.53 Å². The average Bonchev–Trinajstić information content (AvgIpc) is 2.61. The highest BCUT2D eigenvalue weighted by Gasteiger charge is 2.57. The Morgan fingerprint density at radius 2 is 2.11 bits per heavy atom. The summed E-state index contributed by atoms with van der Waals surface area (Å²) in [5.74, 6) is 0.222. The van der Waals surface area contributed by atoms with E-state index in [2.05, 4.69) is 29.4 Å². The topological polar surface area (TPSA) is 67.6 Å². The third kappa shape index (κ3) is 1.89. The number of likely N-dealkylation sites (tertiary alicyclic amines) is 1. The third-order valence-electron chi connectivity index (χ3n) is 4.40. The number of ether oxygens (including phenoxy) is 1. The summed E-state index contributed by atoms with van der Waals surface area (Å²) in [4.78, 5) is 13.5. The smallest absolute Gasteiger partial charge is 0.312 e. The standard InChI is InChI=1S/C14H19N3O2/c1-17-7-11(16-13(15)18)12(14(17)8-19-9-14)10-5-3-2-4-6-10/h2-6,11-12H,7-9H2,1H3,(H3,15,16,18)/t11-,12+/m1/s1. The first-order valence-electron chi connectivity index (χ1n) is 6.53. The molecule has 2 saturated heterocycles. The van der Waals surface area contributed by atoms with Gasteiger partial charge in [0.05, 0.1) is 24.8 Å². The van der Waals surface area contributed by atoms with Gasteiger partial charge < -0.3 is 15.8 Å². The highest BCUT2D eigenvalue weighted by Crippen LogP contribution is 2.45. The Labute approximate surface area is 112 Å². The molecule has 2 amide bonds. The average molecular weight is 261 g/mol. The zero-order valence-corrected chi connectivity index (χ0v) is 11.0. The van der Waals surface area contributed by atoms with E-state index in [-0.39, 0.29) is 17.5 Å². The van der Waals surface area contributed by atoms with Gasteiger partial charge in [-0.15, -0.1) is 0 Å². The number of hydrogen-bond donors (Lipinski definition) is 2. The van der Waals surface area contributed by atoms with Crippen LogP contribution >= 0.6 is 0 Å². The lowest BCUT2D eigenvalue weighted by Crippen LogP contribution is -2.61. The number of nitrogens with one attached hydrogen (secondary N) is 1. The van der Waals surface area contributed by atoms with Crippen LogP contribution in [-0.4, -0.2) is 49.3 Å². The van der Waals surface area contributed by atoms with Crippen molar-refractivity contribution in [2.75, 3.05) is 26.8 Å². The summed E-state index contributed by atoms with van der Waals surface area (Å²) < 4.78 is 5.45. The first-order chi connectivity index (χ1) is 9.13. The number of likely N-dealkylation sites (N-methyl/N-ethyl adjacent to an activating group) is 1. The molecule has 5 heteroatoms. The van der Waals surface area contributed by atoms with Crippen LogP contribution in [0.1, 0.15) is 11.5 Å². The molecule has 0 bridgehead atoms. The monoisotopic (exact) mass is 261 g/mol. The summed E-state index contributed by atoms with van der Waals surface area (Å²) in [6.07, 6.45) is 0. The minimum Gasteiger partial charge on any atom is -0.377 e. The van der Waals surface area contributed by atoms with E-state index < -0.39 is 6.03 Å². The highest BCUT2D eigenvalue weighted by molar-refractivity contribution is 5.72. The highest BCUT2D eigenvalue weighted by atomic mass is 16.5. The van der Waals surface area contributed by atoms with Crippen LogP contribution in [0.2, 0.25) is 0 Å². The Morgan fingerprint density at radius 3 is 2.63 bits per heavy atom. The molecule has 102 valence electrons. The lowest BCUT2D eigenvalue weighted by atomic mass is 9.76. The van der Waals surface area contributed by atoms with Gasteiger partial charge in [0.25, 0.3) is 0 Å². The van der Waals surface area contributed by atoms with Crippen molar-refractivity contribution in [3.8, 4) is 0 Å².